The number of carboxylic acid groups (broad SMARTS) is 1. The van der Waals surface area contributed by atoms with Gasteiger partial charge in [0.1, 0.15) is 11.5 Å². The van der Waals surface area contributed by atoms with Crippen molar-refractivity contribution < 1.29 is 19.2 Å². The summed E-state index contributed by atoms with van der Waals surface area (Å²) < 4.78 is 5.40. The molecule has 0 aliphatic heterocycles. The number of nitrogens with zero attached hydrogens (tertiary/aromatic N) is 2. The maximum absolute atomic E-state index is 12.3. The van der Waals surface area contributed by atoms with Gasteiger partial charge in [-0.05, 0) is 32.1 Å². The zero-order valence-corrected chi connectivity index (χ0v) is 16.1. The van der Waals surface area contributed by atoms with E-state index in [0.29, 0.717) is 25.8 Å². The third kappa shape index (κ3) is 5.34. The second-order valence-electron chi connectivity index (χ2n) is 7.41. The fourth-order valence-corrected chi connectivity index (χ4v) is 3.54. The van der Waals surface area contributed by atoms with Crippen molar-refractivity contribution in [3.05, 3.63) is 42.2 Å². The molecule has 1 aromatic heterocycles. The van der Waals surface area contributed by atoms with E-state index in [1.165, 1.54) is 0 Å². The summed E-state index contributed by atoms with van der Waals surface area (Å²) in [7, 11) is 1.77. The molecule has 0 spiro atoms. The van der Waals surface area contributed by atoms with Gasteiger partial charge in [-0.1, -0.05) is 35.5 Å². The van der Waals surface area contributed by atoms with Crippen LogP contribution in [0.2, 0.25) is 0 Å². The van der Waals surface area contributed by atoms with Crippen molar-refractivity contribution in [2.75, 3.05) is 13.6 Å². The van der Waals surface area contributed by atoms with Crippen molar-refractivity contribution in [3.8, 4) is 11.3 Å². The molecule has 28 heavy (non-hydrogen) atoms. The van der Waals surface area contributed by atoms with Gasteiger partial charge in [-0.25, -0.2) is 4.79 Å². The van der Waals surface area contributed by atoms with E-state index in [1.807, 2.05) is 36.4 Å². The SMILES string of the molecule is CN(CCCc1cc(-c2ccccc2)no1)C(=O)NC1CCC(C(=O)O)CC1. The predicted octanol–water partition coefficient (Wildman–Crippen LogP) is 3.56. The summed E-state index contributed by atoms with van der Waals surface area (Å²) in [5, 5.41) is 16.2. The van der Waals surface area contributed by atoms with Crippen LogP contribution in [0.4, 0.5) is 4.79 Å². The minimum Gasteiger partial charge on any atom is -0.481 e. The number of aromatic nitrogens is 1. The molecule has 0 atom stereocenters. The number of urea groups is 1. The van der Waals surface area contributed by atoms with E-state index < -0.39 is 5.97 Å². The average Bonchev–Trinajstić information content (AvgIpc) is 3.18. The van der Waals surface area contributed by atoms with Crippen molar-refractivity contribution in [1.82, 2.24) is 15.4 Å². The van der Waals surface area contributed by atoms with Crippen LogP contribution in [0.1, 0.15) is 37.9 Å². The average molecular weight is 385 g/mol. The maximum Gasteiger partial charge on any atom is 0.317 e. The van der Waals surface area contributed by atoms with Crippen molar-refractivity contribution in [2.45, 2.75) is 44.6 Å². The van der Waals surface area contributed by atoms with Crippen LogP contribution in [0, 0.1) is 5.92 Å². The van der Waals surface area contributed by atoms with Gasteiger partial charge in [0.05, 0.1) is 5.92 Å². The lowest BCUT2D eigenvalue weighted by atomic mass is 9.86. The van der Waals surface area contributed by atoms with Crippen LogP contribution in [0.3, 0.4) is 0 Å². The number of amides is 2. The number of nitrogens with one attached hydrogen (secondary N) is 1. The molecule has 1 aromatic carbocycles. The highest BCUT2D eigenvalue weighted by Gasteiger charge is 2.27. The van der Waals surface area contributed by atoms with E-state index in [2.05, 4.69) is 10.5 Å². The van der Waals surface area contributed by atoms with E-state index in [1.54, 1.807) is 11.9 Å². The molecule has 2 N–H and O–H groups in total. The Balaban J connectivity index is 1.38. The standard InChI is InChI=1S/C21H27N3O4/c1-24(21(27)22-17-11-9-16(10-12-17)20(25)26)13-5-8-18-14-19(23-28-18)15-6-3-2-4-7-15/h2-4,6-7,14,16-17H,5,8-13H2,1H3,(H,22,27)(H,25,26). The Hall–Kier alpha value is -2.83. The van der Waals surface area contributed by atoms with Gasteiger partial charge in [0.2, 0.25) is 0 Å². The Morgan fingerprint density at radius 2 is 1.93 bits per heavy atom. The summed E-state index contributed by atoms with van der Waals surface area (Å²) in [5.41, 5.74) is 1.84. The van der Waals surface area contributed by atoms with Crippen LogP contribution >= 0.6 is 0 Å². The van der Waals surface area contributed by atoms with Gasteiger partial charge in [-0.2, -0.15) is 0 Å². The zero-order valence-electron chi connectivity index (χ0n) is 16.1. The first kappa shape index (κ1) is 19.9. The minimum atomic E-state index is -0.732. The highest BCUT2D eigenvalue weighted by atomic mass is 16.5. The first-order valence-corrected chi connectivity index (χ1v) is 9.78. The summed E-state index contributed by atoms with van der Waals surface area (Å²) in [4.78, 5) is 25.0. The van der Waals surface area contributed by atoms with Crippen LogP contribution < -0.4 is 5.32 Å². The lowest BCUT2D eigenvalue weighted by molar-refractivity contribution is -0.142. The summed E-state index contributed by atoms with van der Waals surface area (Å²) in [6.45, 7) is 0.609. The van der Waals surface area contributed by atoms with Crippen molar-refractivity contribution >= 4 is 12.0 Å². The van der Waals surface area contributed by atoms with E-state index in [-0.39, 0.29) is 18.0 Å². The molecule has 1 aliphatic rings. The molecule has 0 unspecified atom stereocenters. The van der Waals surface area contributed by atoms with Gasteiger partial charge < -0.3 is 19.8 Å². The van der Waals surface area contributed by atoms with Crippen LogP contribution in [-0.4, -0.2) is 46.8 Å². The number of rotatable bonds is 7. The van der Waals surface area contributed by atoms with Gasteiger partial charge >= 0.3 is 12.0 Å². The Kier molecular flexibility index (Phi) is 6.68. The molecule has 7 nitrogen and oxygen atoms in total. The van der Waals surface area contributed by atoms with Crippen LogP contribution in [0.15, 0.2) is 40.9 Å². The topological polar surface area (TPSA) is 95.7 Å². The molecule has 1 fully saturated rings. The van der Waals surface area contributed by atoms with Gasteiger partial charge in [0.25, 0.3) is 0 Å². The number of carboxylic acids is 1. The van der Waals surface area contributed by atoms with Crippen LogP contribution in [0.5, 0.6) is 0 Å². The maximum atomic E-state index is 12.3. The van der Waals surface area contributed by atoms with Crippen LogP contribution in [0.25, 0.3) is 11.3 Å². The number of hydrogen-bond acceptors (Lipinski definition) is 4. The Labute approximate surface area is 164 Å². The van der Waals surface area contributed by atoms with Gasteiger partial charge in [-0.15, -0.1) is 0 Å². The first-order chi connectivity index (χ1) is 13.5. The largest absolute Gasteiger partial charge is 0.481 e. The highest BCUT2D eigenvalue weighted by molar-refractivity contribution is 5.74. The second kappa shape index (κ2) is 9.39. The molecule has 2 aromatic rings. The highest BCUT2D eigenvalue weighted by Crippen LogP contribution is 2.24. The number of carbonyl (C=O) groups is 2. The van der Waals surface area contributed by atoms with Crippen LogP contribution in [-0.2, 0) is 11.2 Å². The molecular weight excluding hydrogens is 358 g/mol. The third-order valence-corrected chi connectivity index (χ3v) is 5.30. The Morgan fingerprint density at radius 3 is 2.61 bits per heavy atom. The molecule has 1 heterocycles. The summed E-state index contributed by atoms with van der Waals surface area (Å²) >= 11 is 0. The van der Waals surface area contributed by atoms with Gasteiger partial charge in [0.15, 0.2) is 0 Å². The molecule has 150 valence electrons. The molecule has 0 saturated heterocycles. The Bertz CT molecular complexity index is 782. The summed E-state index contributed by atoms with van der Waals surface area (Å²) in [6.07, 6.45) is 4.17. The fourth-order valence-electron chi connectivity index (χ4n) is 3.54. The quantitative estimate of drug-likeness (QED) is 0.760. The van der Waals surface area contributed by atoms with Crippen molar-refractivity contribution in [2.24, 2.45) is 5.92 Å². The van der Waals surface area contributed by atoms with Gasteiger partial charge in [0, 0.05) is 37.7 Å². The van der Waals surface area contributed by atoms with E-state index in [9.17, 15) is 9.59 Å². The normalized spacial score (nSPS) is 19.2. The number of benzene rings is 1. The van der Waals surface area contributed by atoms with Crippen molar-refractivity contribution in [1.29, 1.82) is 0 Å². The smallest absolute Gasteiger partial charge is 0.317 e. The number of aryl methyl sites for hydroxylation is 1. The second-order valence-corrected chi connectivity index (χ2v) is 7.41. The molecule has 1 aliphatic carbocycles. The lowest BCUT2D eigenvalue weighted by Gasteiger charge is -2.28. The molecular formula is C21H27N3O4. The number of aliphatic carboxylic acids is 1. The van der Waals surface area contributed by atoms with E-state index in [0.717, 1.165) is 36.3 Å². The molecule has 7 heteroatoms. The van der Waals surface area contributed by atoms with Crippen molar-refractivity contribution in [3.63, 3.8) is 0 Å². The summed E-state index contributed by atoms with van der Waals surface area (Å²) in [5.74, 6) is -0.196. The monoisotopic (exact) mass is 385 g/mol. The number of carbonyl (C=O) groups excluding carboxylic acids is 1. The predicted molar refractivity (Wildman–Crippen MR) is 105 cm³/mol. The molecule has 0 radical (unpaired) electrons. The van der Waals surface area contributed by atoms with Gasteiger partial charge in [-0.3, -0.25) is 4.79 Å². The molecule has 0 bridgehead atoms. The molecule has 1 saturated carbocycles. The first-order valence-electron chi connectivity index (χ1n) is 9.78. The fraction of sp³-hybridized carbons (Fsp3) is 0.476. The zero-order chi connectivity index (χ0) is 19.9. The van der Waals surface area contributed by atoms with E-state index >= 15 is 0 Å². The van der Waals surface area contributed by atoms with E-state index in [4.69, 9.17) is 9.63 Å². The lowest BCUT2D eigenvalue weighted by Crippen LogP contribution is -2.45. The molecule has 2 amide bonds. The number of hydrogen-bond donors (Lipinski definition) is 2. The third-order valence-electron chi connectivity index (χ3n) is 5.30. The minimum absolute atomic E-state index is 0.0632. The molecule has 3 rings (SSSR count). The summed E-state index contributed by atoms with van der Waals surface area (Å²) in [6, 6.07) is 11.8. The Morgan fingerprint density at radius 1 is 1.21 bits per heavy atom.